The monoisotopic (exact) mass is 417 g/mol. The predicted octanol–water partition coefficient (Wildman–Crippen LogP) is 5.21. The minimum absolute atomic E-state index is 0.0218. The van der Waals surface area contributed by atoms with Gasteiger partial charge in [-0.05, 0) is 47.7 Å². The van der Waals surface area contributed by atoms with Crippen molar-refractivity contribution < 1.29 is 24.2 Å². The minimum atomic E-state index is -1.06. The number of aryl methyl sites for hydroxylation is 1. The SMILES string of the molecule is Cc1ccc(NC(=O)OCC2c3ccccc3-c3ccccc32)cc1OC(C)C(=O)O. The van der Waals surface area contributed by atoms with Crippen molar-refractivity contribution in [2.45, 2.75) is 25.9 Å². The molecule has 1 atom stereocenters. The maximum atomic E-state index is 12.5. The zero-order valence-electron chi connectivity index (χ0n) is 17.3. The molecule has 6 nitrogen and oxygen atoms in total. The van der Waals surface area contributed by atoms with Crippen LogP contribution in [-0.2, 0) is 9.53 Å². The van der Waals surface area contributed by atoms with Gasteiger partial charge in [0.1, 0.15) is 12.4 Å². The van der Waals surface area contributed by atoms with Gasteiger partial charge in [-0.1, -0.05) is 54.6 Å². The topological polar surface area (TPSA) is 84.9 Å². The number of benzene rings is 3. The highest BCUT2D eigenvalue weighted by Crippen LogP contribution is 2.44. The lowest BCUT2D eigenvalue weighted by molar-refractivity contribution is -0.144. The van der Waals surface area contributed by atoms with Crippen LogP contribution in [0.3, 0.4) is 0 Å². The lowest BCUT2D eigenvalue weighted by atomic mass is 9.98. The normalized spacial score (nSPS) is 13.1. The number of hydrogen-bond acceptors (Lipinski definition) is 4. The van der Waals surface area contributed by atoms with E-state index in [0.717, 1.165) is 16.7 Å². The van der Waals surface area contributed by atoms with Crippen molar-refractivity contribution in [2.75, 3.05) is 11.9 Å². The van der Waals surface area contributed by atoms with Crippen molar-refractivity contribution >= 4 is 17.7 Å². The third kappa shape index (κ3) is 4.23. The highest BCUT2D eigenvalue weighted by Gasteiger charge is 2.29. The minimum Gasteiger partial charge on any atom is -0.479 e. The van der Waals surface area contributed by atoms with Gasteiger partial charge in [0, 0.05) is 17.7 Å². The van der Waals surface area contributed by atoms with E-state index in [1.165, 1.54) is 18.1 Å². The summed E-state index contributed by atoms with van der Waals surface area (Å²) >= 11 is 0. The summed E-state index contributed by atoms with van der Waals surface area (Å²) in [6, 6.07) is 21.4. The van der Waals surface area contributed by atoms with Gasteiger partial charge >= 0.3 is 12.1 Å². The summed E-state index contributed by atoms with van der Waals surface area (Å²) in [7, 11) is 0. The zero-order valence-corrected chi connectivity index (χ0v) is 17.3. The van der Waals surface area contributed by atoms with Crippen LogP contribution >= 0.6 is 0 Å². The van der Waals surface area contributed by atoms with Crippen LogP contribution in [0.1, 0.15) is 29.5 Å². The number of carbonyl (C=O) groups excluding carboxylic acids is 1. The van der Waals surface area contributed by atoms with Gasteiger partial charge < -0.3 is 14.6 Å². The van der Waals surface area contributed by atoms with Gasteiger partial charge in [-0.15, -0.1) is 0 Å². The molecule has 0 spiro atoms. The van der Waals surface area contributed by atoms with Crippen LogP contribution in [0.5, 0.6) is 5.75 Å². The first-order chi connectivity index (χ1) is 14.9. The van der Waals surface area contributed by atoms with E-state index in [1.807, 2.05) is 24.3 Å². The van der Waals surface area contributed by atoms with Gasteiger partial charge in [-0.25, -0.2) is 9.59 Å². The molecular weight excluding hydrogens is 394 g/mol. The zero-order chi connectivity index (χ0) is 22.0. The van der Waals surface area contributed by atoms with E-state index in [1.54, 1.807) is 25.1 Å². The molecule has 158 valence electrons. The van der Waals surface area contributed by atoms with Crippen LogP contribution in [0.4, 0.5) is 10.5 Å². The quantitative estimate of drug-likeness (QED) is 0.575. The van der Waals surface area contributed by atoms with Crippen LogP contribution in [0, 0.1) is 6.92 Å². The predicted molar refractivity (Wildman–Crippen MR) is 118 cm³/mol. The van der Waals surface area contributed by atoms with E-state index in [4.69, 9.17) is 14.6 Å². The number of carboxylic acid groups (broad SMARTS) is 1. The lowest BCUT2D eigenvalue weighted by Gasteiger charge is -2.16. The molecule has 4 rings (SSSR count). The first kappa shape index (κ1) is 20.5. The molecule has 1 aliphatic carbocycles. The molecule has 0 radical (unpaired) electrons. The second-order valence-electron chi connectivity index (χ2n) is 7.53. The van der Waals surface area contributed by atoms with Crippen molar-refractivity contribution in [3.8, 4) is 16.9 Å². The molecule has 2 N–H and O–H groups in total. The molecule has 0 saturated heterocycles. The van der Waals surface area contributed by atoms with E-state index in [0.29, 0.717) is 11.4 Å². The average Bonchev–Trinajstić information content (AvgIpc) is 3.08. The number of ether oxygens (including phenoxy) is 2. The van der Waals surface area contributed by atoms with Gasteiger partial charge in [0.05, 0.1) is 0 Å². The Kier molecular flexibility index (Phi) is 5.62. The van der Waals surface area contributed by atoms with Gasteiger partial charge in [0.2, 0.25) is 0 Å². The van der Waals surface area contributed by atoms with E-state index in [9.17, 15) is 9.59 Å². The van der Waals surface area contributed by atoms with Gasteiger partial charge in [-0.3, -0.25) is 5.32 Å². The molecule has 0 bridgehead atoms. The molecule has 3 aromatic rings. The maximum Gasteiger partial charge on any atom is 0.411 e. The van der Waals surface area contributed by atoms with Crippen molar-refractivity contribution in [2.24, 2.45) is 0 Å². The van der Waals surface area contributed by atoms with Gasteiger partial charge in [0.15, 0.2) is 6.10 Å². The summed E-state index contributed by atoms with van der Waals surface area (Å²) in [5, 5.41) is 11.7. The number of carboxylic acids is 1. The molecule has 0 fully saturated rings. The molecule has 0 aliphatic heterocycles. The Balaban J connectivity index is 1.44. The molecule has 1 unspecified atom stereocenters. The molecule has 0 heterocycles. The Morgan fingerprint density at radius 1 is 1.00 bits per heavy atom. The number of aliphatic carboxylic acids is 1. The highest BCUT2D eigenvalue weighted by atomic mass is 16.5. The molecule has 1 aliphatic rings. The Bertz CT molecular complexity index is 1090. The van der Waals surface area contributed by atoms with Crippen LogP contribution in [0.15, 0.2) is 66.7 Å². The Morgan fingerprint density at radius 3 is 2.23 bits per heavy atom. The summed E-state index contributed by atoms with van der Waals surface area (Å²) in [6.45, 7) is 3.47. The number of rotatable bonds is 6. The first-order valence-corrected chi connectivity index (χ1v) is 10.1. The smallest absolute Gasteiger partial charge is 0.411 e. The third-order valence-corrected chi connectivity index (χ3v) is 5.43. The summed E-state index contributed by atoms with van der Waals surface area (Å²) < 4.78 is 11.0. The Labute approximate surface area is 180 Å². The second kappa shape index (κ2) is 8.52. The number of nitrogens with one attached hydrogen (secondary N) is 1. The fourth-order valence-corrected chi connectivity index (χ4v) is 3.80. The summed E-state index contributed by atoms with van der Waals surface area (Å²) in [6.07, 6.45) is -1.58. The van der Waals surface area contributed by atoms with Crippen molar-refractivity contribution in [1.82, 2.24) is 0 Å². The van der Waals surface area contributed by atoms with E-state index < -0.39 is 18.2 Å². The fourth-order valence-electron chi connectivity index (χ4n) is 3.80. The fraction of sp³-hybridized carbons (Fsp3) is 0.200. The maximum absolute atomic E-state index is 12.5. The highest BCUT2D eigenvalue weighted by molar-refractivity contribution is 5.85. The molecule has 3 aromatic carbocycles. The molecular formula is C25H23NO5. The van der Waals surface area contributed by atoms with Crippen LogP contribution in [0.2, 0.25) is 0 Å². The van der Waals surface area contributed by atoms with Crippen molar-refractivity contribution in [1.29, 1.82) is 0 Å². The lowest BCUT2D eigenvalue weighted by Crippen LogP contribution is -2.23. The standard InChI is InChI=1S/C25H23NO5/c1-15-11-12-17(13-23(15)31-16(2)24(27)28)26-25(29)30-14-22-20-9-5-3-7-18(20)19-8-4-6-10-21(19)22/h3-13,16,22H,14H2,1-2H3,(H,26,29)(H,27,28). The van der Waals surface area contributed by atoms with E-state index in [-0.39, 0.29) is 12.5 Å². The number of hydrogen-bond donors (Lipinski definition) is 2. The second-order valence-corrected chi connectivity index (χ2v) is 7.53. The first-order valence-electron chi connectivity index (χ1n) is 10.1. The number of anilines is 1. The Morgan fingerprint density at radius 2 is 1.61 bits per heavy atom. The van der Waals surface area contributed by atoms with Crippen molar-refractivity contribution in [3.63, 3.8) is 0 Å². The summed E-state index contributed by atoms with van der Waals surface area (Å²) in [4.78, 5) is 23.5. The molecule has 6 heteroatoms. The number of amides is 1. The van der Waals surface area contributed by atoms with Gasteiger partial charge in [0.25, 0.3) is 0 Å². The van der Waals surface area contributed by atoms with E-state index in [2.05, 4.69) is 29.6 Å². The Hall–Kier alpha value is -3.80. The van der Waals surface area contributed by atoms with Crippen molar-refractivity contribution in [3.05, 3.63) is 83.4 Å². The largest absolute Gasteiger partial charge is 0.479 e. The molecule has 31 heavy (non-hydrogen) atoms. The summed E-state index contributed by atoms with van der Waals surface area (Å²) in [5.74, 6) is -0.688. The van der Waals surface area contributed by atoms with E-state index >= 15 is 0 Å². The average molecular weight is 417 g/mol. The van der Waals surface area contributed by atoms with Crippen LogP contribution in [-0.4, -0.2) is 29.9 Å². The number of fused-ring (bicyclic) bond motifs is 3. The molecule has 0 saturated carbocycles. The third-order valence-electron chi connectivity index (χ3n) is 5.43. The van der Waals surface area contributed by atoms with Gasteiger partial charge in [-0.2, -0.15) is 0 Å². The molecule has 1 amide bonds. The number of carbonyl (C=O) groups is 2. The summed E-state index contributed by atoms with van der Waals surface area (Å²) in [5.41, 5.74) is 5.86. The molecule has 0 aromatic heterocycles. The van der Waals surface area contributed by atoms with Crippen LogP contribution in [0.25, 0.3) is 11.1 Å². The van der Waals surface area contributed by atoms with Crippen LogP contribution < -0.4 is 10.1 Å².